The molecule has 0 saturated carbocycles. The summed E-state index contributed by atoms with van der Waals surface area (Å²) in [6, 6.07) is 12.6. The van der Waals surface area contributed by atoms with E-state index in [0.29, 0.717) is 24.2 Å². The molecule has 1 saturated heterocycles. The van der Waals surface area contributed by atoms with Crippen LogP contribution in [0.1, 0.15) is 29.2 Å². The Hall–Kier alpha value is -2.84. The molecule has 1 aromatic carbocycles. The van der Waals surface area contributed by atoms with Crippen molar-refractivity contribution in [1.29, 1.82) is 0 Å². The summed E-state index contributed by atoms with van der Waals surface area (Å²) in [5.74, 6) is 1.57. The molecule has 8 heteroatoms. The minimum absolute atomic E-state index is 0.196. The van der Waals surface area contributed by atoms with Crippen LogP contribution in [0.25, 0.3) is 11.4 Å². The third-order valence-corrected chi connectivity index (χ3v) is 6.21. The van der Waals surface area contributed by atoms with E-state index in [4.69, 9.17) is 0 Å². The number of piperidine rings is 1. The van der Waals surface area contributed by atoms with Gasteiger partial charge >= 0.3 is 0 Å². The highest BCUT2D eigenvalue weighted by Gasteiger charge is 2.34. The van der Waals surface area contributed by atoms with Gasteiger partial charge in [-0.15, -0.1) is 10.2 Å². The summed E-state index contributed by atoms with van der Waals surface area (Å²) in [5, 5.41) is 14.2. The van der Waals surface area contributed by atoms with Gasteiger partial charge in [-0.25, -0.2) is 0 Å². The lowest BCUT2D eigenvalue weighted by Gasteiger charge is -2.43. The van der Waals surface area contributed by atoms with Crippen molar-refractivity contribution in [2.75, 3.05) is 27.2 Å². The standard InChI is InChI=1S/C22H27N7O/c1-27(2)13-18-7-8-20-19-9-16(12-29(20)22(18)30)11-28(14-19)10-15-3-5-17(6-4-15)21-23-25-26-24-21/h3-8,16,19H,9-14H2,1-2H3,(H,23,24,25,26)/t16-,19+/m0/s1. The van der Waals surface area contributed by atoms with E-state index < -0.39 is 0 Å². The number of nitrogens with one attached hydrogen (secondary N) is 1. The van der Waals surface area contributed by atoms with E-state index in [1.165, 1.54) is 17.7 Å². The largest absolute Gasteiger partial charge is 0.312 e. The van der Waals surface area contributed by atoms with Crippen LogP contribution in [0.15, 0.2) is 41.2 Å². The number of tetrazole rings is 1. The van der Waals surface area contributed by atoms with E-state index in [2.05, 4.69) is 53.2 Å². The van der Waals surface area contributed by atoms with E-state index in [9.17, 15) is 4.79 Å². The summed E-state index contributed by atoms with van der Waals surface area (Å²) < 4.78 is 2.05. The summed E-state index contributed by atoms with van der Waals surface area (Å²) in [4.78, 5) is 17.6. The molecule has 0 spiro atoms. The van der Waals surface area contributed by atoms with Gasteiger partial charge < -0.3 is 9.47 Å². The van der Waals surface area contributed by atoms with Crippen molar-refractivity contribution in [3.05, 3.63) is 63.6 Å². The summed E-state index contributed by atoms with van der Waals surface area (Å²) in [6.07, 6.45) is 1.18. The predicted octanol–water partition coefficient (Wildman–Crippen LogP) is 1.71. The van der Waals surface area contributed by atoms with Gasteiger partial charge in [0.15, 0.2) is 0 Å². The van der Waals surface area contributed by atoms with Crippen LogP contribution in [-0.4, -0.2) is 62.2 Å². The van der Waals surface area contributed by atoms with Crippen LogP contribution in [0.5, 0.6) is 0 Å². The second-order valence-corrected chi connectivity index (χ2v) is 8.86. The molecule has 2 aromatic heterocycles. The third kappa shape index (κ3) is 3.68. The van der Waals surface area contributed by atoms with Crippen molar-refractivity contribution in [2.24, 2.45) is 5.92 Å². The van der Waals surface area contributed by atoms with E-state index in [1.54, 1.807) is 0 Å². The van der Waals surface area contributed by atoms with Crippen molar-refractivity contribution >= 4 is 0 Å². The summed E-state index contributed by atoms with van der Waals surface area (Å²) in [6.45, 7) is 4.48. The predicted molar refractivity (Wildman–Crippen MR) is 114 cm³/mol. The lowest BCUT2D eigenvalue weighted by molar-refractivity contribution is 0.114. The maximum atomic E-state index is 13.0. The zero-order chi connectivity index (χ0) is 20.7. The fraction of sp³-hybridized carbons (Fsp3) is 0.455. The molecule has 2 bridgehead atoms. The molecule has 0 aliphatic carbocycles. The lowest BCUT2D eigenvalue weighted by Crippen LogP contribution is -2.47. The number of hydrogen-bond donors (Lipinski definition) is 1. The van der Waals surface area contributed by atoms with Gasteiger partial charge in [-0.1, -0.05) is 30.3 Å². The van der Waals surface area contributed by atoms with Crippen LogP contribution >= 0.6 is 0 Å². The second-order valence-electron chi connectivity index (χ2n) is 8.86. The first-order chi connectivity index (χ1) is 14.6. The van der Waals surface area contributed by atoms with Crippen LogP contribution < -0.4 is 5.56 Å². The molecule has 1 N–H and O–H groups in total. The topological polar surface area (TPSA) is 82.9 Å². The van der Waals surface area contributed by atoms with Gasteiger partial charge in [-0.05, 0) is 43.3 Å². The molecule has 0 amide bonds. The van der Waals surface area contributed by atoms with Crippen molar-refractivity contribution in [2.45, 2.75) is 32.0 Å². The Bertz CT molecular complexity index is 1070. The Morgan fingerprint density at radius 2 is 1.93 bits per heavy atom. The number of nitrogens with zero attached hydrogens (tertiary/aromatic N) is 6. The van der Waals surface area contributed by atoms with Gasteiger partial charge in [-0.3, -0.25) is 9.69 Å². The van der Waals surface area contributed by atoms with Crippen molar-refractivity contribution in [3.63, 3.8) is 0 Å². The van der Waals surface area contributed by atoms with Crippen LogP contribution in [0, 0.1) is 5.92 Å². The minimum Gasteiger partial charge on any atom is -0.312 e. The molecular formula is C22H27N7O. The highest BCUT2D eigenvalue weighted by atomic mass is 16.1. The summed E-state index contributed by atoms with van der Waals surface area (Å²) >= 11 is 0. The fourth-order valence-electron chi connectivity index (χ4n) is 4.98. The molecule has 2 atom stereocenters. The van der Waals surface area contributed by atoms with E-state index >= 15 is 0 Å². The van der Waals surface area contributed by atoms with Gasteiger partial charge in [0, 0.05) is 55.5 Å². The highest BCUT2D eigenvalue weighted by Crippen LogP contribution is 2.35. The number of benzene rings is 1. The first kappa shape index (κ1) is 19.1. The molecule has 1 fully saturated rings. The molecule has 0 radical (unpaired) electrons. The average molecular weight is 406 g/mol. The van der Waals surface area contributed by atoms with Crippen molar-refractivity contribution in [3.8, 4) is 11.4 Å². The Morgan fingerprint density at radius 1 is 1.10 bits per heavy atom. The number of rotatable bonds is 5. The summed E-state index contributed by atoms with van der Waals surface area (Å²) in [7, 11) is 4.01. The van der Waals surface area contributed by atoms with Crippen molar-refractivity contribution in [1.82, 2.24) is 35.0 Å². The SMILES string of the molecule is CN(C)Cc1ccc2n(c1=O)C[C@H]1C[C@@H]2CN(Cc2ccc(-c3nn[nH]n3)cc2)C1. The number of fused-ring (bicyclic) bond motifs is 4. The molecule has 5 rings (SSSR count). The number of aromatic nitrogens is 5. The van der Waals surface area contributed by atoms with Gasteiger partial charge in [0.2, 0.25) is 5.82 Å². The smallest absolute Gasteiger partial charge is 0.255 e. The van der Waals surface area contributed by atoms with Gasteiger partial charge in [0.1, 0.15) is 0 Å². The zero-order valence-electron chi connectivity index (χ0n) is 17.5. The molecule has 0 unspecified atom stereocenters. The molecule has 156 valence electrons. The molecule has 2 aliphatic heterocycles. The molecule has 30 heavy (non-hydrogen) atoms. The quantitative estimate of drug-likeness (QED) is 0.696. The lowest BCUT2D eigenvalue weighted by atomic mass is 9.82. The van der Waals surface area contributed by atoms with Gasteiger partial charge in [0.05, 0.1) is 0 Å². The number of pyridine rings is 1. The Morgan fingerprint density at radius 3 is 2.67 bits per heavy atom. The molecule has 8 nitrogen and oxygen atoms in total. The summed E-state index contributed by atoms with van der Waals surface area (Å²) in [5.41, 5.74) is 4.53. The van der Waals surface area contributed by atoms with Crippen LogP contribution in [-0.2, 0) is 19.6 Å². The van der Waals surface area contributed by atoms with E-state index in [-0.39, 0.29) is 5.56 Å². The first-order valence-electron chi connectivity index (χ1n) is 10.5. The molecule has 4 heterocycles. The Balaban J connectivity index is 1.31. The number of aromatic amines is 1. The first-order valence-corrected chi connectivity index (χ1v) is 10.5. The Labute approximate surface area is 175 Å². The Kier molecular flexibility index (Phi) is 4.96. The third-order valence-electron chi connectivity index (χ3n) is 6.21. The monoisotopic (exact) mass is 405 g/mol. The van der Waals surface area contributed by atoms with Gasteiger partial charge in [-0.2, -0.15) is 5.21 Å². The molecule has 3 aromatic rings. The number of H-pyrrole nitrogens is 1. The maximum Gasteiger partial charge on any atom is 0.255 e. The van der Waals surface area contributed by atoms with Crippen molar-refractivity contribution < 1.29 is 0 Å². The minimum atomic E-state index is 0.196. The number of likely N-dealkylation sites (tertiary alicyclic amines) is 1. The van der Waals surface area contributed by atoms with Crippen LogP contribution in [0.2, 0.25) is 0 Å². The fourth-order valence-corrected chi connectivity index (χ4v) is 4.98. The van der Waals surface area contributed by atoms with Crippen LogP contribution in [0.4, 0.5) is 0 Å². The van der Waals surface area contributed by atoms with E-state index in [0.717, 1.165) is 37.3 Å². The second kappa shape index (κ2) is 7.77. The highest BCUT2D eigenvalue weighted by molar-refractivity contribution is 5.54. The normalized spacial score (nSPS) is 21.0. The molecule has 2 aliphatic rings. The van der Waals surface area contributed by atoms with E-state index in [1.807, 2.05) is 32.3 Å². The molecular weight excluding hydrogens is 378 g/mol. The zero-order valence-corrected chi connectivity index (χ0v) is 17.5. The van der Waals surface area contributed by atoms with Gasteiger partial charge in [0.25, 0.3) is 5.56 Å². The number of hydrogen-bond acceptors (Lipinski definition) is 6. The average Bonchev–Trinajstić information content (AvgIpc) is 3.26. The van der Waals surface area contributed by atoms with Crippen LogP contribution in [0.3, 0.4) is 0 Å². The maximum absolute atomic E-state index is 13.0.